The van der Waals surface area contributed by atoms with Crippen LogP contribution in [-0.4, -0.2) is 18.4 Å². The fourth-order valence-corrected chi connectivity index (χ4v) is 4.05. The molecule has 0 aliphatic heterocycles. The van der Waals surface area contributed by atoms with E-state index in [-0.39, 0.29) is 22.9 Å². The molecule has 2 aliphatic carbocycles. The average molecular weight is 240 g/mol. The molecule has 0 aromatic heterocycles. The minimum atomic E-state index is -0.437. The van der Waals surface area contributed by atoms with E-state index in [1.807, 2.05) is 6.92 Å². The highest BCUT2D eigenvalue weighted by Crippen LogP contribution is 2.63. The van der Waals surface area contributed by atoms with Crippen molar-refractivity contribution in [1.29, 1.82) is 0 Å². The Hall–Kier alpha value is -0.570. The molecule has 2 saturated carbocycles. The molecule has 4 atom stereocenters. The number of fused-ring (bicyclic) bond motifs is 2. The maximum Gasteiger partial charge on any atom is 0.304 e. The van der Waals surface area contributed by atoms with E-state index < -0.39 is 6.29 Å². The molecule has 3 heteroatoms. The lowest BCUT2D eigenvalue weighted by atomic mass is 9.70. The van der Waals surface area contributed by atoms with Crippen LogP contribution in [0.25, 0.3) is 0 Å². The van der Waals surface area contributed by atoms with Crippen LogP contribution in [-0.2, 0) is 14.3 Å². The first-order chi connectivity index (χ1) is 7.75. The maximum atomic E-state index is 10.9. The molecule has 2 bridgehead atoms. The van der Waals surface area contributed by atoms with Crippen LogP contribution in [0.3, 0.4) is 0 Å². The molecule has 2 rings (SSSR count). The molecule has 17 heavy (non-hydrogen) atoms. The first-order valence-electron chi connectivity index (χ1n) is 6.58. The van der Waals surface area contributed by atoms with Crippen molar-refractivity contribution in [2.24, 2.45) is 16.7 Å². The van der Waals surface area contributed by atoms with Gasteiger partial charge in [0.15, 0.2) is 6.29 Å². The zero-order valence-corrected chi connectivity index (χ0v) is 11.6. The molecule has 0 spiro atoms. The molecule has 0 heterocycles. The monoisotopic (exact) mass is 240 g/mol. The van der Waals surface area contributed by atoms with Crippen molar-refractivity contribution in [3.05, 3.63) is 0 Å². The number of hydrogen-bond acceptors (Lipinski definition) is 3. The van der Waals surface area contributed by atoms with Gasteiger partial charge < -0.3 is 9.47 Å². The second-order valence-electron chi connectivity index (χ2n) is 6.61. The summed E-state index contributed by atoms with van der Waals surface area (Å²) in [6, 6.07) is 0. The molecule has 0 aromatic carbocycles. The van der Waals surface area contributed by atoms with E-state index in [2.05, 4.69) is 20.8 Å². The standard InChI is InChI=1S/C14H24O3/c1-9(15)16-10(2)17-12-13(3,4)11-6-7-14(12,5)8-11/h10-12H,6-8H2,1-5H3. The van der Waals surface area contributed by atoms with Crippen molar-refractivity contribution in [3.63, 3.8) is 0 Å². The predicted molar refractivity (Wildman–Crippen MR) is 65.3 cm³/mol. The second-order valence-corrected chi connectivity index (χ2v) is 6.61. The number of esters is 1. The highest BCUT2D eigenvalue weighted by Gasteiger charge is 2.60. The fourth-order valence-electron chi connectivity index (χ4n) is 4.05. The summed E-state index contributed by atoms with van der Waals surface area (Å²) in [6.07, 6.45) is 3.55. The molecule has 3 nitrogen and oxygen atoms in total. The number of carbonyl (C=O) groups excluding carboxylic acids is 1. The summed E-state index contributed by atoms with van der Waals surface area (Å²) in [7, 11) is 0. The minimum absolute atomic E-state index is 0.196. The topological polar surface area (TPSA) is 35.5 Å². The van der Waals surface area contributed by atoms with Gasteiger partial charge in [0.1, 0.15) is 0 Å². The molecule has 0 N–H and O–H groups in total. The molecular formula is C14H24O3. The van der Waals surface area contributed by atoms with Gasteiger partial charge in [0, 0.05) is 6.92 Å². The Morgan fingerprint density at radius 3 is 2.47 bits per heavy atom. The van der Waals surface area contributed by atoms with Crippen LogP contribution in [0.2, 0.25) is 0 Å². The first-order valence-corrected chi connectivity index (χ1v) is 6.58. The van der Waals surface area contributed by atoms with Gasteiger partial charge in [-0.3, -0.25) is 4.79 Å². The van der Waals surface area contributed by atoms with Gasteiger partial charge in [0.25, 0.3) is 0 Å². The smallest absolute Gasteiger partial charge is 0.304 e. The number of carbonyl (C=O) groups is 1. The summed E-state index contributed by atoms with van der Waals surface area (Å²) in [6.45, 7) is 10.1. The lowest BCUT2D eigenvalue weighted by Gasteiger charge is -2.43. The van der Waals surface area contributed by atoms with Crippen LogP contribution in [0.5, 0.6) is 0 Å². The lowest BCUT2D eigenvalue weighted by molar-refractivity contribution is -0.211. The molecule has 0 radical (unpaired) electrons. The van der Waals surface area contributed by atoms with Gasteiger partial charge in [-0.25, -0.2) is 0 Å². The third kappa shape index (κ3) is 2.10. The molecule has 0 aromatic rings. The Kier molecular flexibility index (Phi) is 3.01. The molecule has 0 amide bonds. The molecule has 98 valence electrons. The number of ether oxygens (including phenoxy) is 2. The minimum Gasteiger partial charge on any atom is -0.436 e. The van der Waals surface area contributed by atoms with Gasteiger partial charge in [0.2, 0.25) is 0 Å². The van der Waals surface area contributed by atoms with E-state index in [1.165, 1.54) is 26.2 Å². The average Bonchev–Trinajstić information content (AvgIpc) is 2.63. The van der Waals surface area contributed by atoms with Crippen LogP contribution in [0.4, 0.5) is 0 Å². The van der Waals surface area contributed by atoms with Crippen molar-refractivity contribution in [2.75, 3.05) is 0 Å². The van der Waals surface area contributed by atoms with Gasteiger partial charge in [-0.15, -0.1) is 0 Å². The van der Waals surface area contributed by atoms with Crippen LogP contribution in [0, 0.1) is 16.7 Å². The van der Waals surface area contributed by atoms with E-state index in [0.717, 1.165) is 5.92 Å². The normalized spacial score (nSPS) is 40.3. The van der Waals surface area contributed by atoms with E-state index in [4.69, 9.17) is 9.47 Å². The summed E-state index contributed by atoms with van der Waals surface area (Å²) < 4.78 is 11.1. The van der Waals surface area contributed by atoms with Crippen molar-refractivity contribution in [3.8, 4) is 0 Å². The van der Waals surface area contributed by atoms with Gasteiger partial charge >= 0.3 is 5.97 Å². The van der Waals surface area contributed by atoms with Gasteiger partial charge in [-0.1, -0.05) is 20.8 Å². The Morgan fingerprint density at radius 2 is 2.00 bits per heavy atom. The van der Waals surface area contributed by atoms with Gasteiger partial charge in [-0.2, -0.15) is 0 Å². The third-order valence-corrected chi connectivity index (χ3v) is 4.80. The van der Waals surface area contributed by atoms with Gasteiger partial charge in [-0.05, 0) is 42.9 Å². The summed E-state index contributed by atoms with van der Waals surface area (Å²) >= 11 is 0. The molecule has 2 aliphatic rings. The Labute approximate surface area is 104 Å². The van der Waals surface area contributed by atoms with Gasteiger partial charge in [0.05, 0.1) is 6.10 Å². The van der Waals surface area contributed by atoms with Crippen LogP contribution in [0.15, 0.2) is 0 Å². The van der Waals surface area contributed by atoms with Crippen LogP contribution >= 0.6 is 0 Å². The summed E-state index contributed by atoms with van der Waals surface area (Å²) in [4.78, 5) is 10.9. The molecule has 2 fully saturated rings. The molecular weight excluding hydrogens is 216 g/mol. The Balaban J connectivity index is 2.07. The quantitative estimate of drug-likeness (QED) is 0.561. The van der Waals surface area contributed by atoms with E-state index in [1.54, 1.807) is 0 Å². The second kappa shape index (κ2) is 3.98. The number of hydrogen-bond donors (Lipinski definition) is 0. The van der Waals surface area contributed by atoms with Crippen molar-refractivity contribution >= 4 is 5.97 Å². The zero-order chi connectivity index (χ0) is 12.8. The highest BCUT2D eigenvalue weighted by molar-refractivity contribution is 5.65. The lowest BCUT2D eigenvalue weighted by Crippen LogP contribution is -2.44. The Bertz CT molecular complexity index is 319. The van der Waals surface area contributed by atoms with E-state index >= 15 is 0 Å². The largest absolute Gasteiger partial charge is 0.436 e. The van der Waals surface area contributed by atoms with Crippen LogP contribution in [0.1, 0.15) is 53.9 Å². The Morgan fingerprint density at radius 1 is 1.35 bits per heavy atom. The zero-order valence-electron chi connectivity index (χ0n) is 11.6. The molecule has 4 unspecified atom stereocenters. The highest BCUT2D eigenvalue weighted by atomic mass is 16.7. The summed E-state index contributed by atoms with van der Waals surface area (Å²) in [5.41, 5.74) is 0.462. The first kappa shape index (κ1) is 12.9. The van der Waals surface area contributed by atoms with Crippen molar-refractivity contribution < 1.29 is 14.3 Å². The maximum absolute atomic E-state index is 10.9. The summed E-state index contributed by atoms with van der Waals surface area (Å²) in [5, 5.41) is 0. The van der Waals surface area contributed by atoms with Crippen LogP contribution < -0.4 is 0 Å². The SMILES string of the molecule is CC(=O)OC(C)OC1C2(C)CCC(C2)C1(C)C. The third-order valence-electron chi connectivity index (χ3n) is 4.80. The fraction of sp³-hybridized carbons (Fsp3) is 0.929. The van der Waals surface area contributed by atoms with E-state index in [9.17, 15) is 4.79 Å². The van der Waals surface area contributed by atoms with Crippen molar-refractivity contribution in [1.82, 2.24) is 0 Å². The predicted octanol–water partition coefficient (Wildman–Crippen LogP) is 3.13. The molecule has 0 saturated heterocycles. The van der Waals surface area contributed by atoms with E-state index in [0.29, 0.717) is 0 Å². The summed E-state index contributed by atoms with van der Waals surface area (Å²) in [5.74, 6) is 0.477. The number of rotatable bonds is 3. The van der Waals surface area contributed by atoms with Crippen molar-refractivity contribution in [2.45, 2.75) is 66.3 Å².